The molecule has 0 aliphatic heterocycles. The van der Waals surface area contributed by atoms with Gasteiger partial charge in [0.25, 0.3) is 0 Å². The molecule has 3 aromatic heterocycles. The number of pyridine rings is 1. The highest BCUT2D eigenvalue weighted by Gasteiger charge is 2.12. The van der Waals surface area contributed by atoms with Crippen LogP contribution in [0.3, 0.4) is 0 Å². The third-order valence-electron chi connectivity index (χ3n) is 4.69. The quantitative estimate of drug-likeness (QED) is 0.352. The SMILES string of the molecule is CP(C)(=O)c1ccc(-c2cnc(N=N)c(NCc3ccc4cccn4c3)n2)cc1. The van der Waals surface area contributed by atoms with E-state index >= 15 is 0 Å². The van der Waals surface area contributed by atoms with Crippen LogP contribution in [0.1, 0.15) is 5.56 Å². The molecule has 8 heteroatoms. The van der Waals surface area contributed by atoms with Gasteiger partial charge >= 0.3 is 0 Å². The molecule has 0 amide bonds. The number of rotatable bonds is 6. The molecule has 0 saturated heterocycles. The maximum absolute atomic E-state index is 12.2. The molecule has 0 fully saturated rings. The van der Waals surface area contributed by atoms with Gasteiger partial charge in [-0.25, -0.2) is 15.5 Å². The summed E-state index contributed by atoms with van der Waals surface area (Å²) in [5, 5.41) is 7.54. The second-order valence-electron chi connectivity index (χ2n) is 7.17. The van der Waals surface area contributed by atoms with Crippen molar-refractivity contribution in [3.8, 4) is 11.3 Å². The van der Waals surface area contributed by atoms with Crippen molar-refractivity contribution >= 4 is 29.6 Å². The van der Waals surface area contributed by atoms with Crippen LogP contribution in [0.25, 0.3) is 16.8 Å². The fraction of sp³-hybridized carbons (Fsp3) is 0.143. The number of fused-ring (bicyclic) bond motifs is 1. The molecular formula is C21H21N6OP. The summed E-state index contributed by atoms with van der Waals surface area (Å²) in [5.74, 6) is 0.685. The van der Waals surface area contributed by atoms with Gasteiger partial charge in [-0.3, -0.25) is 0 Å². The van der Waals surface area contributed by atoms with E-state index in [2.05, 4.69) is 30.9 Å². The standard InChI is InChI=1S/C21H21N6OP/c1-29(2,28)18-9-6-16(7-10-18)19-13-24-21(26-22)20(25-19)23-12-15-5-8-17-4-3-11-27(17)14-15/h3-11,13-14,22H,12H2,1-2H3,(H,23,25). The summed E-state index contributed by atoms with van der Waals surface area (Å²) >= 11 is 0. The van der Waals surface area contributed by atoms with Crippen molar-refractivity contribution in [1.29, 1.82) is 5.53 Å². The van der Waals surface area contributed by atoms with Gasteiger partial charge < -0.3 is 14.3 Å². The van der Waals surface area contributed by atoms with E-state index in [4.69, 9.17) is 5.53 Å². The third-order valence-corrected chi connectivity index (χ3v) is 6.23. The van der Waals surface area contributed by atoms with Gasteiger partial charge in [-0.05, 0) is 37.1 Å². The van der Waals surface area contributed by atoms with Crippen LogP contribution in [0.5, 0.6) is 0 Å². The van der Waals surface area contributed by atoms with Crippen molar-refractivity contribution < 1.29 is 4.57 Å². The molecule has 0 spiro atoms. The van der Waals surface area contributed by atoms with Crippen LogP contribution >= 0.6 is 7.14 Å². The average molecular weight is 404 g/mol. The second kappa shape index (κ2) is 7.60. The number of benzene rings is 1. The topological polar surface area (TPSA) is 95.5 Å². The van der Waals surface area contributed by atoms with Crippen LogP contribution in [0.2, 0.25) is 0 Å². The molecule has 7 nitrogen and oxygen atoms in total. The van der Waals surface area contributed by atoms with Crippen molar-refractivity contribution in [2.45, 2.75) is 6.54 Å². The normalized spacial score (nSPS) is 11.5. The van der Waals surface area contributed by atoms with Crippen molar-refractivity contribution in [1.82, 2.24) is 14.4 Å². The number of nitrogens with one attached hydrogen (secondary N) is 2. The fourth-order valence-corrected chi connectivity index (χ4v) is 3.95. The Labute approximate surface area is 168 Å². The summed E-state index contributed by atoms with van der Waals surface area (Å²) in [6, 6.07) is 15.6. The van der Waals surface area contributed by atoms with E-state index in [1.165, 1.54) is 0 Å². The van der Waals surface area contributed by atoms with Gasteiger partial charge in [0.2, 0.25) is 5.82 Å². The Kier molecular flexibility index (Phi) is 4.99. The minimum absolute atomic E-state index is 0.235. The van der Waals surface area contributed by atoms with Gasteiger partial charge in [0, 0.05) is 35.3 Å². The smallest absolute Gasteiger partial charge is 0.216 e. The Morgan fingerprint density at radius 2 is 1.93 bits per heavy atom. The molecular weight excluding hydrogens is 383 g/mol. The first-order valence-corrected chi connectivity index (χ1v) is 11.7. The zero-order valence-corrected chi connectivity index (χ0v) is 17.1. The van der Waals surface area contributed by atoms with Crippen molar-refractivity contribution in [2.24, 2.45) is 5.11 Å². The Morgan fingerprint density at radius 1 is 1.14 bits per heavy atom. The molecule has 1 aromatic carbocycles. The van der Waals surface area contributed by atoms with Crippen LogP contribution in [0.15, 0.2) is 72.2 Å². The van der Waals surface area contributed by atoms with Gasteiger partial charge in [-0.2, -0.15) is 0 Å². The number of hydrogen-bond acceptors (Lipinski definition) is 6. The van der Waals surface area contributed by atoms with Crippen molar-refractivity contribution in [3.05, 3.63) is 72.7 Å². The lowest BCUT2D eigenvalue weighted by molar-refractivity contribution is 0.588. The minimum Gasteiger partial charge on any atom is -0.363 e. The molecule has 4 rings (SSSR count). The molecule has 0 aliphatic rings. The maximum Gasteiger partial charge on any atom is 0.216 e. The highest BCUT2D eigenvalue weighted by atomic mass is 31.2. The Hall–Kier alpha value is -3.31. The van der Waals surface area contributed by atoms with E-state index < -0.39 is 7.14 Å². The summed E-state index contributed by atoms with van der Waals surface area (Å²) in [6.07, 6.45) is 5.64. The molecule has 0 radical (unpaired) electrons. The Bertz CT molecular complexity index is 1230. The third kappa shape index (κ3) is 4.10. The lowest BCUT2D eigenvalue weighted by atomic mass is 10.1. The van der Waals surface area contributed by atoms with E-state index in [1.54, 1.807) is 19.5 Å². The largest absolute Gasteiger partial charge is 0.363 e. The summed E-state index contributed by atoms with van der Waals surface area (Å²) in [4.78, 5) is 8.87. The molecule has 0 atom stereocenters. The first-order chi connectivity index (χ1) is 13.9. The average Bonchev–Trinajstić information content (AvgIpc) is 3.19. The summed E-state index contributed by atoms with van der Waals surface area (Å²) < 4.78 is 14.3. The summed E-state index contributed by atoms with van der Waals surface area (Å²) in [5.41, 5.74) is 11.1. The van der Waals surface area contributed by atoms with Crippen LogP contribution in [0, 0.1) is 5.53 Å². The molecule has 0 saturated carbocycles. The number of aromatic nitrogens is 3. The first kappa shape index (κ1) is 19.0. The lowest BCUT2D eigenvalue weighted by Crippen LogP contribution is -2.05. The first-order valence-electron chi connectivity index (χ1n) is 9.14. The number of hydrogen-bond donors (Lipinski definition) is 2. The van der Waals surface area contributed by atoms with Crippen molar-refractivity contribution in [2.75, 3.05) is 18.6 Å². The molecule has 0 bridgehead atoms. The van der Waals surface area contributed by atoms with E-state index in [-0.39, 0.29) is 5.82 Å². The summed E-state index contributed by atoms with van der Waals surface area (Å²) in [7, 11) is -2.30. The fourth-order valence-electron chi connectivity index (χ4n) is 3.08. The van der Waals surface area contributed by atoms with E-state index in [9.17, 15) is 4.57 Å². The Morgan fingerprint density at radius 3 is 2.66 bits per heavy atom. The Balaban J connectivity index is 1.59. The van der Waals surface area contributed by atoms with Gasteiger partial charge in [0.15, 0.2) is 5.82 Å². The monoisotopic (exact) mass is 404 g/mol. The van der Waals surface area contributed by atoms with Crippen molar-refractivity contribution in [3.63, 3.8) is 0 Å². The lowest BCUT2D eigenvalue weighted by Gasteiger charge is -2.11. The highest BCUT2D eigenvalue weighted by Crippen LogP contribution is 2.35. The maximum atomic E-state index is 12.2. The van der Waals surface area contributed by atoms with E-state index in [1.807, 2.05) is 54.9 Å². The minimum atomic E-state index is -2.30. The molecule has 29 heavy (non-hydrogen) atoms. The van der Waals surface area contributed by atoms with E-state index in [0.717, 1.165) is 21.9 Å². The predicted octanol–water partition coefficient (Wildman–Crippen LogP) is 4.92. The van der Waals surface area contributed by atoms with Gasteiger partial charge in [0.1, 0.15) is 7.14 Å². The van der Waals surface area contributed by atoms with Crippen LogP contribution in [-0.2, 0) is 11.1 Å². The van der Waals surface area contributed by atoms with Gasteiger partial charge in [0.05, 0.1) is 11.9 Å². The molecule has 4 aromatic rings. The molecule has 3 heterocycles. The second-order valence-corrected chi connectivity index (χ2v) is 10.4. The molecule has 2 N–H and O–H groups in total. The van der Waals surface area contributed by atoms with Crippen LogP contribution < -0.4 is 10.6 Å². The van der Waals surface area contributed by atoms with Crippen LogP contribution in [-0.4, -0.2) is 27.7 Å². The summed E-state index contributed by atoms with van der Waals surface area (Å²) in [6.45, 7) is 4.03. The van der Waals surface area contributed by atoms with E-state index in [0.29, 0.717) is 18.1 Å². The number of nitrogens with zero attached hydrogens (tertiary/aromatic N) is 4. The highest BCUT2D eigenvalue weighted by molar-refractivity contribution is 7.70. The van der Waals surface area contributed by atoms with Gasteiger partial charge in [-0.1, -0.05) is 30.3 Å². The number of anilines is 1. The van der Waals surface area contributed by atoms with Gasteiger partial charge in [-0.15, -0.1) is 5.11 Å². The molecule has 0 unspecified atom stereocenters. The zero-order valence-electron chi connectivity index (χ0n) is 16.2. The predicted molar refractivity (Wildman–Crippen MR) is 116 cm³/mol. The van der Waals surface area contributed by atoms with Crippen LogP contribution in [0.4, 0.5) is 11.6 Å². The molecule has 0 aliphatic carbocycles. The zero-order chi connectivity index (χ0) is 20.4. The molecule has 146 valence electrons.